The highest BCUT2D eigenvalue weighted by atomic mass is 16.6. The summed E-state index contributed by atoms with van der Waals surface area (Å²) in [4.78, 5) is 64.3. The van der Waals surface area contributed by atoms with E-state index >= 15 is 0 Å². The van der Waals surface area contributed by atoms with E-state index in [4.69, 9.17) is 4.74 Å². The topological polar surface area (TPSA) is 137 Å². The molecule has 1 aromatic heterocycles. The Balaban J connectivity index is 1.20. The first-order valence-electron chi connectivity index (χ1n) is 18.3. The average Bonchev–Trinajstić information content (AvgIpc) is 3.87. The van der Waals surface area contributed by atoms with Gasteiger partial charge >= 0.3 is 6.09 Å². The predicted molar refractivity (Wildman–Crippen MR) is 199 cm³/mol. The molecular formula is C40H54N6O5. The van der Waals surface area contributed by atoms with E-state index in [-0.39, 0.29) is 35.6 Å². The normalized spacial score (nSPS) is 18.9. The smallest absolute Gasteiger partial charge is 0.408 e. The van der Waals surface area contributed by atoms with E-state index in [1.165, 1.54) is 0 Å². The number of nitrogens with one attached hydrogen (secondary N) is 3. The van der Waals surface area contributed by atoms with Gasteiger partial charge in [-0.05, 0) is 87.1 Å². The molecule has 2 saturated heterocycles. The number of nitrogens with zero attached hydrogens (tertiary/aromatic N) is 3. The van der Waals surface area contributed by atoms with Crippen LogP contribution in [0, 0.1) is 17.8 Å². The standard InChI is InChI=1S/C40H54N6O5/c1-24(2)26(5)37(48)45-21-9-11-32(45)35-41-23-31(43-35)29-15-13-27(14-16-29)28-17-19-30(20-18-28)42-36(47)33-12-10-22-46(33)38(49)34(25(3)4)44-39(50)51-40(6,7)8/h13-20,23-26,32-34H,9-12,21-22H2,1-8H3,(H,41,43)(H,42,47)(H,44,50)/t26-,32+,33+,34-/m1/s1. The van der Waals surface area contributed by atoms with Crippen molar-refractivity contribution >= 4 is 29.5 Å². The maximum atomic E-state index is 13.6. The van der Waals surface area contributed by atoms with Crippen molar-refractivity contribution in [3.05, 3.63) is 60.6 Å². The highest BCUT2D eigenvalue weighted by Gasteiger charge is 2.39. The van der Waals surface area contributed by atoms with Gasteiger partial charge in [-0.1, -0.05) is 71.0 Å². The molecule has 2 aliphatic heterocycles. The second-order valence-corrected chi connectivity index (χ2v) is 15.6. The number of imidazole rings is 1. The van der Waals surface area contributed by atoms with Crippen LogP contribution in [0.1, 0.15) is 92.9 Å². The molecule has 3 N–H and O–H groups in total. The molecule has 0 aliphatic carbocycles. The molecule has 0 bridgehead atoms. The zero-order valence-corrected chi connectivity index (χ0v) is 31.3. The second kappa shape index (κ2) is 15.7. The van der Waals surface area contributed by atoms with Crippen LogP contribution in [-0.2, 0) is 19.1 Å². The van der Waals surface area contributed by atoms with Crippen molar-refractivity contribution < 1.29 is 23.9 Å². The molecule has 5 rings (SSSR count). The molecule has 0 radical (unpaired) electrons. The minimum Gasteiger partial charge on any atom is -0.444 e. The molecule has 274 valence electrons. The van der Waals surface area contributed by atoms with Gasteiger partial charge in [0.25, 0.3) is 0 Å². The first-order chi connectivity index (χ1) is 24.1. The van der Waals surface area contributed by atoms with Gasteiger partial charge in [-0.3, -0.25) is 14.4 Å². The zero-order valence-electron chi connectivity index (χ0n) is 31.3. The summed E-state index contributed by atoms with van der Waals surface area (Å²) < 4.78 is 5.38. The number of likely N-dealkylation sites (tertiary alicyclic amines) is 2. The first-order valence-corrected chi connectivity index (χ1v) is 18.3. The van der Waals surface area contributed by atoms with Gasteiger partial charge < -0.3 is 30.2 Å². The molecule has 11 heteroatoms. The fourth-order valence-corrected chi connectivity index (χ4v) is 6.76. The van der Waals surface area contributed by atoms with Crippen LogP contribution in [0.2, 0.25) is 0 Å². The van der Waals surface area contributed by atoms with E-state index in [0.29, 0.717) is 31.0 Å². The van der Waals surface area contributed by atoms with Gasteiger partial charge in [0.15, 0.2) is 0 Å². The monoisotopic (exact) mass is 698 g/mol. The quantitative estimate of drug-likeness (QED) is 0.205. The minimum atomic E-state index is -0.805. The zero-order chi connectivity index (χ0) is 37.0. The van der Waals surface area contributed by atoms with Crippen molar-refractivity contribution in [3.8, 4) is 22.4 Å². The Morgan fingerprint density at radius 2 is 1.39 bits per heavy atom. The van der Waals surface area contributed by atoms with Crippen LogP contribution < -0.4 is 10.6 Å². The molecule has 0 saturated carbocycles. The Kier molecular flexibility index (Phi) is 11.6. The second-order valence-electron chi connectivity index (χ2n) is 15.6. The number of hydrogen-bond donors (Lipinski definition) is 3. The van der Waals surface area contributed by atoms with E-state index in [1.807, 2.05) is 56.1 Å². The van der Waals surface area contributed by atoms with Crippen LogP contribution in [0.5, 0.6) is 0 Å². The van der Waals surface area contributed by atoms with Crippen molar-refractivity contribution in [2.24, 2.45) is 17.8 Å². The summed E-state index contributed by atoms with van der Waals surface area (Å²) in [6, 6.07) is 14.4. The molecule has 3 heterocycles. The van der Waals surface area contributed by atoms with Crippen LogP contribution in [-0.4, -0.2) is 74.4 Å². The molecule has 51 heavy (non-hydrogen) atoms. The van der Waals surface area contributed by atoms with Crippen molar-refractivity contribution in [1.29, 1.82) is 0 Å². The number of amides is 4. The lowest BCUT2D eigenvalue weighted by atomic mass is 9.96. The van der Waals surface area contributed by atoms with E-state index in [9.17, 15) is 19.2 Å². The number of benzene rings is 2. The molecule has 11 nitrogen and oxygen atoms in total. The summed E-state index contributed by atoms with van der Waals surface area (Å²) in [6.07, 6.45) is 4.31. The lowest BCUT2D eigenvalue weighted by molar-refractivity contribution is -0.139. The third-order valence-corrected chi connectivity index (χ3v) is 9.96. The Morgan fingerprint density at radius 3 is 2.00 bits per heavy atom. The number of aromatic amines is 1. The van der Waals surface area contributed by atoms with Crippen molar-refractivity contribution in [1.82, 2.24) is 25.1 Å². The third-order valence-electron chi connectivity index (χ3n) is 9.96. The molecular weight excluding hydrogens is 644 g/mol. The third kappa shape index (κ3) is 8.98. The van der Waals surface area contributed by atoms with Crippen molar-refractivity contribution in [2.45, 2.75) is 105 Å². The highest BCUT2D eigenvalue weighted by Crippen LogP contribution is 2.34. The van der Waals surface area contributed by atoms with Gasteiger partial charge in [0.2, 0.25) is 17.7 Å². The van der Waals surface area contributed by atoms with Gasteiger partial charge in [-0.25, -0.2) is 9.78 Å². The van der Waals surface area contributed by atoms with Gasteiger partial charge in [0, 0.05) is 24.7 Å². The number of aromatic nitrogens is 2. The summed E-state index contributed by atoms with van der Waals surface area (Å²) in [5.41, 5.74) is 3.88. The van der Waals surface area contributed by atoms with Crippen LogP contribution in [0.3, 0.4) is 0 Å². The number of ether oxygens (including phenoxy) is 1. The van der Waals surface area contributed by atoms with Crippen LogP contribution >= 0.6 is 0 Å². The summed E-state index contributed by atoms with van der Waals surface area (Å²) in [6.45, 7) is 16.4. The maximum absolute atomic E-state index is 13.6. The summed E-state index contributed by atoms with van der Waals surface area (Å²) >= 11 is 0. The first kappa shape index (κ1) is 37.6. The lowest BCUT2D eigenvalue weighted by Crippen LogP contribution is -2.55. The number of carbonyl (C=O) groups excluding carboxylic acids is 4. The molecule has 2 fully saturated rings. The molecule has 4 atom stereocenters. The van der Waals surface area contributed by atoms with E-state index < -0.39 is 23.8 Å². The Hall–Kier alpha value is -4.67. The fraction of sp³-hybridized carbons (Fsp3) is 0.525. The van der Waals surface area contributed by atoms with E-state index in [1.54, 1.807) is 25.7 Å². The molecule has 2 aromatic carbocycles. The lowest BCUT2D eigenvalue weighted by Gasteiger charge is -2.31. The van der Waals surface area contributed by atoms with Crippen molar-refractivity contribution in [2.75, 3.05) is 18.4 Å². The maximum Gasteiger partial charge on any atom is 0.408 e. The average molecular weight is 699 g/mol. The van der Waals surface area contributed by atoms with Gasteiger partial charge in [0.05, 0.1) is 17.9 Å². The number of anilines is 1. The molecule has 4 amide bonds. The summed E-state index contributed by atoms with van der Waals surface area (Å²) in [5, 5.41) is 5.70. The molecule has 2 aliphatic rings. The number of rotatable bonds is 10. The van der Waals surface area contributed by atoms with E-state index in [2.05, 4.69) is 58.7 Å². The number of carbonyl (C=O) groups is 4. The van der Waals surface area contributed by atoms with Gasteiger partial charge in [-0.15, -0.1) is 0 Å². The SMILES string of the molecule is CC(C)[C@@H](C)C(=O)N1CCC[C@H]1c1ncc(-c2ccc(-c3ccc(NC(=O)[C@@H]4CCCN4C(=O)[C@H](NC(=O)OC(C)(C)C)C(C)C)cc3)cc2)[nH]1. The fourth-order valence-electron chi connectivity index (χ4n) is 6.76. The van der Waals surface area contributed by atoms with Crippen LogP contribution in [0.15, 0.2) is 54.7 Å². The van der Waals surface area contributed by atoms with Crippen LogP contribution in [0.4, 0.5) is 10.5 Å². The van der Waals surface area contributed by atoms with Crippen LogP contribution in [0.25, 0.3) is 22.4 Å². The number of hydrogen-bond acceptors (Lipinski definition) is 6. The minimum absolute atomic E-state index is 0.0230. The van der Waals surface area contributed by atoms with E-state index in [0.717, 1.165) is 47.6 Å². The molecule has 0 unspecified atom stereocenters. The summed E-state index contributed by atoms with van der Waals surface area (Å²) in [5.74, 6) is 0.564. The Labute approximate surface area is 301 Å². The molecule has 0 spiro atoms. The largest absolute Gasteiger partial charge is 0.444 e. The predicted octanol–water partition coefficient (Wildman–Crippen LogP) is 7.18. The van der Waals surface area contributed by atoms with Gasteiger partial charge in [0.1, 0.15) is 23.5 Å². The number of alkyl carbamates (subject to hydrolysis) is 1. The van der Waals surface area contributed by atoms with Crippen molar-refractivity contribution in [3.63, 3.8) is 0 Å². The summed E-state index contributed by atoms with van der Waals surface area (Å²) in [7, 11) is 0. The molecule has 3 aromatic rings. The Bertz CT molecular complexity index is 1690. The highest BCUT2D eigenvalue weighted by molar-refractivity contribution is 5.99. The van der Waals surface area contributed by atoms with Gasteiger partial charge in [-0.2, -0.15) is 0 Å². The number of H-pyrrole nitrogens is 1. The Morgan fingerprint density at radius 1 is 0.804 bits per heavy atom.